The van der Waals surface area contributed by atoms with Crippen LogP contribution in [0.25, 0.3) is 11.4 Å². The van der Waals surface area contributed by atoms with Crippen molar-refractivity contribution in [1.29, 1.82) is 0 Å². The number of carbonyl (C=O) groups is 3. The van der Waals surface area contributed by atoms with Gasteiger partial charge in [0.2, 0.25) is 11.6 Å². The third kappa shape index (κ3) is 3.41. The van der Waals surface area contributed by atoms with E-state index in [0.29, 0.717) is 5.56 Å². The van der Waals surface area contributed by atoms with Gasteiger partial charge < -0.3 is 9.26 Å². The number of nitro groups is 1. The van der Waals surface area contributed by atoms with E-state index in [0.717, 1.165) is 6.07 Å². The molecule has 0 fully saturated rings. The molecule has 0 saturated carbocycles. The molecule has 5 rings (SSSR count). The topological polar surface area (TPSA) is 155 Å². The first-order chi connectivity index (χ1) is 16.5. The molecule has 2 aromatic carbocycles. The lowest BCUT2D eigenvalue weighted by molar-refractivity contribution is -0.385. The summed E-state index contributed by atoms with van der Waals surface area (Å²) in [5.41, 5.74) is -1.11. The molecule has 0 amide bonds. The molecule has 0 unspecified atom stereocenters. The highest BCUT2D eigenvalue weighted by Crippen LogP contribution is 2.35. The predicted molar refractivity (Wildman–Crippen MR) is 113 cm³/mol. The van der Waals surface area contributed by atoms with Crippen molar-refractivity contribution < 1.29 is 28.6 Å². The quantitative estimate of drug-likeness (QED) is 0.219. The fraction of sp³-hybridized carbons (Fsp3) is 0.0435. The van der Waals surface area contributed by atoms with Gasteiger partial charge in [0.1, 0.15) is 11.1 Å². The third-order valence-electron chi connectivity index (χ3n) is 5.18. The molecule has 4 aromatic rings. The van der Waals surface area contributed by atoms with Crippen molar-refractivity contribution in [2.45, 2.75) is 6.61 Å². The van der Waals surface area contributed by atoms with Crippen LogP contribution in [0.3, 0.4) is 0 Å². The van der Waals surface area contributed by atoms with E-state index < -0.39 is 45.9 Å². The van der Waals surface area contributed by atoms with Crippen LogP contribution in [0.5, 0.6) is 0 Å². The summed E-state index contributed by atoms with van der Waals surface area (Å²) in [6.07, 6.45) is 3.10. The molecular weight excluding hydrogens is 444 g/mol. The summed E-state index contributed by atoms with van der Waals surface area (Å²) in [5.74, 6) is -2.17. The highest BCUT2D eigenvalue weighted by molar-refractivity contribution is 6.30. The highest BCUT2D eigenvalue weighted by atomic mass is 16.6. The molecule has 0 bridgehead atoms. The van der Waals surface area contributed by atoms with Crippen molar-refractivity contribution in [3.8, 4) is 11.4 Å². The van der Waals surface area contributed by atoms with Crippen LogP contribution in [0.1, 0.15) is 48.1 Å². The highest BCUT2D eigenvalue weighted by Gasteiger charge is 2.39. The van der Waals surface area contributed by atoms with Gasteiger partial charge in [-0.05, 0) is 24.3 Å². The molecule has 0 N–H and O–H groups in total. The zero-order valence-electron chi connectivity index (χ0n) is 17.1. The van der Waals surface area contributed by atoms with Gasteiger partial charge in [-0.3, -0.25) is 24.7 Å². The number of ether oxygens (including phenoxy) is 1. The molecule has 166 valence electrons. The zero-order chi connectivity index (χ0) is 23.8. The van der Waals surface area contributed by atoms with Crippen LogP contribution in [-0.2, 0) is 11.3 Å². The Kier molecular flexibility index (Phi) is 4.98. The van der Waals surface area contributed by atoms with Gasteiger partial charge in [-0.2, -0.15) is 4.98 Å². The van der Waals surface area contributed by atoms with Gasteiger partial charge in [-0.1, -0.05) is 29.4 Å². The Labute approximate surface area is 190 Å². The fourth-order valence-electron chi connectivity index (χ4n) is 3.65. The fourth-order valence-corrected chi connectivity index (χ4v) is 3.65. The number of hydrogen-bond acceptors (Lipinski definition) is 10. The van der Waals surface area contributed by atoms with Crippen molar-refractivity contribution in [2.75, 3.05) is 0 Å². The molecule has 34 heavy (non-hydrogen) atoms. The van der Waals surface area contributed by atoms with Gasteiger partial charge in [0.25, 0.3) is 11.6 Å². The molecule has 11 heteroatoms. The molecule has 11 nitrogen and oxygen atoms in total. The monoisotopic (exact) mass is 456 g/mol. The number of carbonyl (C=O) groups excluding carboxylic acids is 3. The zero-order valence-corrected chi connectivity index (χ0v) is 17.1. The Morgan fingerprint density at radius 3 is 2.47 bits per heavy atom. The minimum atomic E-state index is -1.09. The third-order valence-corrected chi connectivity index (χ3v) is 5.18. The van der Waals surface area contributed by atoms with Gasteiger partial charge in [-0.25, -0.2) is 4.79 Å². The second-order valence-electron chi connectivity index (χ2n) is 7.17. The second-order valence-corrected chi connectivity index (χ2v) is 7.17. The molecule has 0 spiro atoms. The number of benzene rings is 2. The summed E-state index contributed by atoms with van der Waals surface area (Å²) in [5, 5.41) is 15.7. The minimum absolute atomic E-state index is 0.0300. The van der Waals surface area contributed by atoms with Gasteiger partial charge in [-0.15, -0.1) is 0 Å². The number of nitrogens with zero attached hydrogens (tertiary/aromatic N) is 4. The second kappa shape index (κ2) is 8.13. The minimum Gasteiger partial charge on any atom is -0.452 e. The van der Waals surface area contributed by atoms with Crippen LogP contribution in [-0.4, -0.2) is 37.6 Å². The van der Waals surface area contributed by atoms with E-state index in [1.807, 2.05) is 0 Å². The molecule has 0 saturated heterocycles. The Bertz CT molecular complexity index is 1490. The standard InChI is InChI=1S/C23H12N4O7/c28-20-13-5-1-2-6-14(13)21(29)18-15(20)7-8-16(19(18)27(31)32)23(30)33-11-17-25-22(26-34-17)12-4-3-9-24-10-12/h1-10H,11H2. The van der Waals surface area contributed by atoms with Crippen molar-refractivity contribution in [3.05, 3.63) is 105 Å². The molecule has 1 aliphatic rings. The van der Waals surface area contributed by atoms with Crippen molar-refractivity contribution in [1.82, 2.24) is 15.1 Å². The first-order valence-corrected chi connectivity index (χ1v) is 9.85. The molecule has 0 radical (unpaired) electrons. The maximum absolute atomic E-state index is 13.0. The van der Waals surface area contributed by atoms with Crippen LogP contribution in [0.2, 0.25) is 0 Å². The van der Waals surface area contributed by atoms with Crippen LogP contribution >= 0.6 is 0 Å². The molecule has 0 aliphatic heterocycles. The van der Waals surface area contributed by atoms with Gasteiger partial charge in [0.15, 0.2) is 12.4 Å². The number of hydrogen-bond donors (Lipinski definition) is 0. The average Bonchev–Trinajstić information content (AvgIpc) is 3.34. The predicted octanol–water partition coefficient (Wildman–Crippen LogP) is 3.17. The Morgan fingerprint density at radius 1 is 1.00 bits per heavy atom. The molecule has 0 atom stereocenters. The van der Waals surface area contributed by atoms with Crippen LogP contribution in [0.4, 0.5) is 5.69 Å². The smallest absolute Gasteiger partial charge is 0.345 e. The number of esters is 1. The summed E-state index contributed by atoms with van der Waals surface area (Å²) in [4.78, 5) is 57.6. The normalized spacial score (nSPS) is 12.1. The van der Waals surface area contributed by atoms with Crippen LogP contribution in [0, 0.1) is 10.1 Å². The lowest BCUT2D eigenvalue weighted by atomic mass is 9.82. The summed E-state index contributed by atoms with van der Waals surface area (Å²) < 4.78 is 10.2. The van der Waals surface area contributed by atoms with E-state index in [9.17, 15) is 24.5 Å². The summed E-state index contributed by atoms with van der Waals surface area (Å²) in [7, 11) is 0. The van der Waals surface area contributed by atoms with E-state index in [1.54, 1.807) is 30.5 Å². The summed E-state index contributed by atoms with van der Waals surface area (Å²) in [6.45, 7) is -0.462. The lowest BCUT2D eigenvalue weighted by Gasteiger charge is -2.18. The number of fused-ring (bicyclic) bond motifs is 2. The van der Waals surface area contributed by atoms with E-state index in [-0.39, 0.29) is 28.4 Å². The van der Waals surface area contributed by atoms with Gasteiger partial charge in [0, 0.05) is 34.6 Å². The Balaban J connectivity index is 1.45. The van der Waals surface area contributed by atoms with E-state index in [4.69, 9.17) is 9.26 Å². The van der Waals surface area contributed by atoms with Gasteiger partial charge >= 0.3 is 5.97 Å². The average molecular weight is 456 g/mol. The van der Waals surface area contributed by atoms with Crippen molar-refractivity contribution >= 4 is 23.2 Å². The van der Waals surface area contributed by atoms with E-state index in [2.05, 4.69) is 15.1 Å². The molecule has 2 aromatic heterocycles. The summed E-state index contributed by atoms with van der Waals surface area (Å²) >= 11 is 0. The van der Waals surface area contributed by atoms with E-state index >= 15 is 0 Å². The number of ketones is 2. The van der Waals surface area contributed by atoms with Crippen molar-refractivity contribution in [3.63, 3.8) is 0 Å². The Morgan fingerprint density at radius 2 is 1.76 bits per heavy atom. The molecule has 1 aliphatic carbocycles. The van der Waals surface area contributed by atoms with E-state index in [1.165, 1.54) is 24.4 Å². The first kappa shape index (κ1) is 20.8. The first-order valence-electron chi connectivity index (χ1n) is 9.85. The lowest BCUT2D eigenvalue weighted by Crippen LogP contribution is -2.23. The number of aromatic nitrogens is 3. The van der Waals surface area contributed by atoms with Crippen LogP contribution < -0.4 is 0 Å². The van der Waals surface area contributed by atoms with Crippen molar-refractivity contribution in [2.24, 2.45) is 0 Å². The van der Waals surface area contributed by atoms with Gasteiger partial charge in [0.05, 0.1) is 4.92 Å². The SMILES string of the molecule is O=C1c2ccccc2C(=O)c2c1ccc(C(=O)OCc1nc(-c3cccnc3)no1)c2[N+](=O)[O-]. The number of pyridine rings is 1. The number of nitro benzene ring substituents is 1. The Hall–Kier alpha value is -5.06. The maximum atomic E-state index is 13.0. The largest absolute Gasteiger partial charge is 0.452 e. The van der Waals surface area contributed by atoms with Crippen LogP contribution in [0.15, 0.2) is 65.4 Å². The molecule has 2 heterocycles. The molecular formula is C23H12N4O7. The summed E-state index contributed by atoms with van der Waals surface area (Å²) in [6, 6.07) is 11.7. The number of rotatable bonds is 5. The maximum Gasteiger partial charge on any atom is 0.345 e.